The predicted octanol–water partition coefficient (Wildman–Crippen LogP) is 2.65. The first-order chi connectivity index (χ1) is 11.7. The van der Waals surface area contributed by atoms with Gasteiger partial charge in [0, 0.05) is 37.8 Å². The number of aromatic nitrogens is 2. The molecular weight excluding hydrogens is 304 g/mol. The first-order valence-corrected chi connectivity index (χ1v) is 8.13. The molecule has 0 bridgehead atoms. The second-order valence-corrected chi connectivity index (χ2v) is 5.99. The van der Waals surface area contributed by atoms with Gasteiger partial charge >= 0.3 is 0 Å². The molecule has 2 aromatic rings. The van der Waals surface area contributed by atoms with Gasteiger partial charge in [0.05, 0.1) is 18.0 Å². The largest absolute Gasteiger partial charge is 0.380 e. The topological polar surface area (TPSA) is 67.3 Å². The summed E-state index contributed by atoms with van der Waals surface area (Å²) in [6.45, 7) is 3.77. The molecule has 0 unspecified atom stereocenters. The molecule has 126 valence electrons. The fraction of sp³-hybridized carbons (Fsp3) is 0.389. The van der Waals surface area contributed by atoms with E-state index >= 15 is 0 Å². The van der Waals surface area contributed by atoms with Crippen LogP contribution in [0.1, 0.15) is 29.0 Å². The number of hydrogen-bond donors (Lipinski definition) is 1. The van der Waals surface area contributed by atoms with Gasteiger partial charge < -0.3 is 15.0 Å². The Kier molecular flexibility index (Phi) is 5.05. The van der Waals surface area contributed by atoms with Crippen LogP contribution in [-0.2, 0) is 4.74 Å². The molecule has 1 atom stereocenters. The predicted molar refractivity (Wildman–Crippen MR) is 93.4 cm³/mol. The number of nitrogens with one attached hydrogen (secondary N) is 1. The van der Waals surface area contributed by atoms with Gasteiger partial charge in [-0.25, -0.2) is 4.98 Å². The molecule has 1 aliphatic heterocycles. The highest BCUT2D eigenvalue weighted by atomic mass is 16.5. The molecular formula is C18H22N4O2. The SMILES string of the molecule is CO[C@H]1CCCN(c2ccc(NC(=O)c3cnc(C)cn3)cc2)C1. The van der Waals surface area contributed by atoms with E-state index in [0.29, 0.717) is 11.8 Å². The van der Waals surface area contributed by atoms with Crippen LogP contribution >= 0.6 is 0 Å². The molecule has 3 rings (SSSR count). The van der Waals surface area contributed by atoms with E-state index in [1.807, 2.05) is 31.2 Å². The number of piperidine rings is 1. The third-order valence-corrected chi connectivity index (χ3v) is 4.22. The maximum atomic E-state index is 12.2. The molecule has 1 amide bonds. The zero-order valence-corrected chi connectivity index (χ0v) is 14.0. The molecule has 0 aliphatic carbocycles. The van der Waals surface area contributed by atoms with Gasteiger partial charge in [-0.3, -0.25) is 9.78 Å². The Morgan fingerprint density at radius 2 is 2.04 bits per heavy atom. The van der Waals surface area contributed by atoms with Crippen LogP contribution in [0.15, 0.2) is 36.7 Å². The van der Waals surface area contributed by atoms with Crippen LogP contribution in [0.25, 0.3) is 0 Å². The standard InChI is InChI=1S/C18H22N4O2/c1-13-10-20-17(11-19-13)18(23)21-14-5-7-15(8-6-14)22-9-3-4-16(12-22)24-2/h5-8,10-11,16H,3-4,9,12H2,1-2H3,(H,21,23)/t16-/m0/s1. The summed E-state index contributed by atoms with van der Waals surface area (Å²) in [7, 11) is 1.76. The van der Waals surface area contributed by atoms with Crippen molar-refractivity contribution in [2.45, 2.75) is 25.9 Å². The Morgan fingerprint density at radius 1 is 1.25 bits per heavy atom. The monoisotopic (exact) mass is 326 g/mol. The van der Waals surface area contributed by atoms with Gasteiger partial charge in [-0.15, -0.1) is 0 Å². The Labute approximate surface area is 141 Å². The van der Waals surface area contributed by atoms with Crippen LogP contribution in [0.5, 0.6) is 0 Å². The summed E-state index contributed by atoms with van der Waals surface area (Å²) in [5.41, 5.74) is 2.98. The summed E-state index contributed by atoms with van der Waals surface area (Å²) in [5, 5.41) is 2.84. The first-order valence-electron chi connectivity index (χ1n) is 8.13. The van der Waals surface area contributed by atoms with E-state index in [4.69, 9.17) is 4.74 Å². The average molecular weight is 326 g/mol. The molecule has 24 heavy (non-hydrogen) atoms. The number of benzene rings is 1. The lowest BCUT2D eigenvalue weighted by atomic mass is 10.1. The van der Waals surface area contributed by atoms with Crippen molar-refractivity contribution in [2.24, 2.45) is 0 Å². The third kappa shape index (κ3) is 3.89. The van der Waals surface area contributed by atoms with E-state index < -0.39 is 0 Å². The fourth-order valence-electron chi connectivity index (χ4n) is 2.83. The Hall–Kier alpha value is -2.47. The molecule has 6 heteroatoms. The highest BCUT2D eigenvalue weighted by Crippen LogP contribution is 2.23. The highest BCUT2D eigenvalue weighted by molar-refractivity contribution is 6.02. The minimum atomic E-state index is -0.257. The van der Waals surface area contributed by atoms with Gasteiger partial charge in [0.1, 0.15) is 5.69 Å². The van der Waals surface area contributed by atoms with Crippen LogP contribution in [0.2, 0.25) is 0 Å². The van der Waals surface area contributed by atoms with Crippen molar-refractivity contribution in [1.82, 2.24) is 9.97 Å². The number of nitrogens with zero attached hydrogens (tertiary/aromatic N) is 3. The molecule has 0 saturated carbocycles. The smallest absolute Gasteiger partial charge is 0.275 e. The molecule has 6 nitrogen and oxygen atoms in total. The maximum Gasteiger partial charge on any atom is 0.275 e. The van der Waals surface area contributed by atoms with Crippen LogP contribution in [0.3, 0.4) is 0 Å². The van der Waals surface area contributed by atoms with Gasteiger partial charge in [-0.2, -0.15) is 0 Å². The Morgan fingerprint density at radius 3 is 2.71 bits per heavy atom. The number of rotatable bonds is 4. The lowest BCUT2D eigenvalue weighted by molar-refractivity contribution is 0.0893. The summed E-state index contributed by atoms with van der Waals surface area (Å²) in [6, 6.07) is 7.86. The molecule has 0 spiro atoms. The molecule has 1 aromatic carbocycles. The minimum absolute atomic E-state index is 0.257. The summed E-state index contributed by atoms with van der Waals surface area (Å²) in [4.78, 5) is 22.6. The molecule has 1 fully saturated rings. The minimum Gasteiger partial charge on any atom is -0.380 e. The number of anilines is 2. The summed E-state index contributed by atoms with van der Waals surface area (Å²) in [5.74, 6) is -0.257. The van der Waals surface area contributed by atoms with E-state index in [1.165, 1.54) is 6.20 Å². The van der Waals surface area contributed by atoms with Crippen LogP contribution in [-0.4, -0.2) is 42.2 Å². The van der Waals surface area contributed by atoms with Crippen molar-refractivity contribution < 1.29 is 9.53 Å². The summed E-state index contributed by atoms with van der Waals surface area (Å²) in [6.07, 6.45) is 5.60. The number of ether oxygens (including phenoxy) is 1. The van der Waals surface area contributed by atoms with E-state index in [2.05, 4.69) is 20.2 Å². The second kappa shape index (κ2) is 7.40. The summed E-state index contributed by atoms with van der Waals surface area (Å²) < 4.78 is 5.47. The number of carbonyl (C=O) groups excluding carboxylic acids is 1. The number of aryl methyl sites for hydroxylation is 1. The van der Waals surface area contributed by atoms with Crippen LogP contribution in [0, 0.1) is 6.92 Å². The van der Waals surface area contributed by atoms with E-state index in [1.54, 1.807) is 13.3 Å². The first kappa shape index (κ1) is 16.4. The lowest BCUT2D eigenvalue weighted by Crippen LogP contribution is -2.39. The van der Waals surface area contributed by atoms with Crippen molar-refractivity contribution in [3.05, 3.63) is 48.0 Å². The van der Waals surface area contributed by atoms with Gasteiger partial charge in [0.25, 0.3) is 5.91 Å². The van der Waals surface area contributed by atoms with Crippen molar-refractivity contribution in [1.29, 1.82) is 0 Å². The van der Waals surface area contributed by atoms with Gasteiger partial charge in [-0.1, -0.05) is 0 Å². The number of hydrogen-bond acceptors (Lipinski definition) is 5. The molecule has 2 heterocycles. The van der Waals surface area contributed by atoms with Gasteiger partial charge in [-0.05, 0) is 44.0 Å². The van der Waals surface area contributed by atoms with Gasteiger partial charge in [0.15, 0.2) is 0 Å². The molecule has 1 aliphatic rings. The van der Waals surface area contributed by atoms with Gasteiger partial charge in [0.2, 0.25) is 0 Å². The molecule has 1 saturated heterocycles. The second-order valence-electron chi connectivity index (χ2n) is 5.99. The van der Waals surface area contributed by atoms with Crippen molar-refractivity contribution in [3.63, 3.8) is 0 Å². The fourth-order valence-corrected chi connectivity index (χ4v) is 2.83. The van der Waals surface area contributed by atoms with Crippen molar-refractivity contribution in [3.8, 4) is 0 Å². The maximum absolute atomic E-state index is 12.2. The Balaban J connectivity index is 1.64. The number of amides is 1. The molecule has 1 aromatic heterocycles. The van der Waals surface area contributed by atoms with Crippen molar-refractivity contribution >= 4 is 17.3 Å². The lowest BCUT2D eigenvalue weighted by Gasteiger charge is -2.33. The number of methoxy groups -OCH3 is 1. The molecule has 1 N–H and O–H groups in total. The Bertz CT molecular complexity index is 685. The zero-order valence-electron chi connectivity index (χ0n) is 14.0. The average Bonchev–Trinajstić information content (AvgIpc) is 2.63. The van der Waals surface area contributed by atoms with E-state index in [9.17, 15) is 4.79 Å². The summed E-state index contributed by atoms with van der Waals surface area (Å²) >= 11 is 0. The highest BCUT2D eigenvalue weighted by Gasteiger charge is 2.19. The number of carbonyl (C=O) groups is 1. The quantitative estimate of drug-likeness (QED) is 0.935. The van der Waals surface area contributed by atoms with Crippen LogP contribution in [0.4, 0.5) is 11.4 Å². The third-order valence-electron chi connectivity index (χ3n) is 4.22. The van der Waals surface area contributed by atoms with E-state index in [-0.39, 0.29) is 5.91 Å². The van der Waals surface area contributed by atoms with Crippen molar-refractivity contribution in [2.75, 3.05) is 30.4 Å². The molecule has 0 radical (unpaired) electrons. The van der Waals surface area contributed by atoms with Crippen LogP contribution < -0.4 is 10.2 Å². The van der Waals surface area contributed by atoms with E-state index in [0.717, 1.165) is 43.0 Å². The zero-order chi connectivity index (χ0) is 16.9. The normalized spacial score (nSPS) is 17.6.